The molecule has 1 saturated heterocycles. The van der Waals surface area contributed by atoms with Gasteiger partial charge in [-0.1, -0.05) is 19.1 Å². The number of benzene rings is 2. The van der Waals surface area contributed by atoms with Crippen LogP contribution >= 0.6 is 0 Å². The summed E-state index contributed by atoms with van der Waals surface area (Å²) in [4.78, 5) is 11.8. The Labute approximate surface area is 162 Å². The smallest absolute Gasteiger partial charge is 0.265 e. The van der Waals surface area contributed by atoms with Gasteiger partial charge in [-0.3, -0.25) is 9.52 Å². The van der Waals surface area contributed by atoms with E-state index >= 15 is 0 Å². The fourth-order valence-corrected chi connectivity index (χ4v) is 5.90. The van der Waals surface area contributed by atoms with E-state index < -0.39 is 42.6 Å². The molecule has 3 rings (SSSR count). The van der Waals surface area contributed by atoms with Crippen molar-refractivity contribution in [1.82, 2.24) is 0 Å². The van der Waals surface area contributed by atoms with Gasteiger partial charge in [0.05, 0.1) is 30.2 Å². The normalized spacial score (nSPS) is 18.9. The second kappa shape index (κ2) is 7.06. The Kier molecular flexibility index (Phi) is 5.06. The van der Waals surface area contributed by atoms with Gasteiger partial charge in [0.25, 0.3) is 10.0 Å². The van der Waals surface area contributed by atoms with Crippen LogP contribution < -0.4 is 13.8 Å². The van der Waals surface area contributed by atoms with E-state index in [0.717, 1.165) is 12.1 Å². The lowest BCUT2D eigenvalue weighted by molar-refractivity contribution is -0.119. The van der Waals surface area contributed by atoms with Crippen molar-refractivity contribution in [2.24, 2.45) is 5.92 Å². The molecule has 8 nitrogen and oxygen atoms in total. The molecule has 11 heteroatoms. The number of nitrogens with one attached hydrogen (secondary N) is 1. The molecule has 150 valence electrons. The van der Waals surface area contributed by atoms with E-state index in [9.17, 15) is 26.0 Å². The van der Waals surface area contributed by atoms with Crippen molar-refractivity contribution >= 4 is 37.3 Å². The summed E-state index contributed by atoms with van der Waals surface area (Å²) in [7, 11) is -7.03. The molecule has 1 amide bonds. The number of sulfonamides is 2. The molecular weight excluding hydrogens is 411 g/mol. The molecule has 0 unspecified atom stereocenters. The molecule has 0 saturated carbocycles. The maximum atomic E-state index is 13.8. The molecule has 1 aliphatic rings. The first-order valence-corrected chi connectivity index (χ1v) is 11.2. The van der Waals surface area contributed by atoms with Gasteiger partial charge >= 0.3 is 0 Å². The van der Waals surface area contributed by atoms with Crippen molar-refractivity contribution in [3.63, 3.8) is 0 Å². The number of hydrogen-bond donors (Lipinski definition) is 1. The molecule has 0 radical (unpaired) electrons. The third-order valence-corrected chi connectivity index (χ3v) is 7.40. The molecule has 1 N–H and O–H groups in total. The average molecular weight is 428 g/mol. The number of hydrogen-bond acceptors (Lipinski definition) is 6. The zero-order valence-electron chi connectivity index (χ0n) is 14.9. The molecule has 0 aliphatic carbocycles. The van der Waals surface area contributed by atoms with Gasteiger partial charge in [0, 0.05) is 0 Å². The van der Waals surface area contributed by atoms with Gasteiger partial charge in [-0.2, -0.15) is 0 Å². The Hall–Kier alpha value is -2.66. The molecule has 1 aliphatic heterocycles. The highest BCUT2D eigenvalue weighted by molar-refractivity contribution is 7.94. The number of rotatable bonds is 5. The van der Waals surface area contributed by atoms with E-state index in [4.69, 9.17) is 4.74 Å². The predicted molar refractivity (Wildman–Crippen MR) is 101 cm³/mol. The molecule has 0 spiro atoms. The molecule has 28 heavy (non-hydrogen) atoms. The molecule has 2 aromatic rings. The van der Waals surface area contributed by atoms with Crippen molar-refractivity contribution in [2.75, 3.05) is 21.9 Å². The molecule has 1 heterocycles. The van der Waals surface area contributed by atoms with Gasteiger partial charge in [0.15, 0.2) is 0 Å². The minimum atomic E-state index is -4.35. The second-order valence-electron chi connectivity index (χ2n) is 6.20. The minimum absolute atomic E-state index is 0.0929. The Bertz CT molecular complexity index is 1150. The highest BCUT2D eigenvalue weighted by Gasteiger charge is 2.42. The van der Waals surface area contributed by atoms with Crippen LogP contribution in [0, 0.1) is 11.7 Å². The maximum absolute atomic E-state index is 13.8. The summed E-state index contributed by atoms with van der Waals surface area (Å²) in [5, 5.41) is 0. The first-order valence-electron chi connectivity index (χ1n) is 8.09. The van der Waals surface area contributed by atoms with Gasteiger partial charge in [-0.05, 0) is 30.3 Å². The van der Waals surface area contributed by atoms with Crippen molar-refractivity contribution in [3.05, 3.63) is 48.3 Å². The van der Waals surface area contributed by atoms with Crippen LogP contribution in [-0.2, 0) is 24.8 Å². The summed E-state index contributed by atoms with van der Waals surface area (Å²) in [6, 6.07) is 8.69. The fraction of sp³-hybridized carbons (Fsp3) is 0.235. The number of carbonyl (C=O) groups excluding carboxylic acids is 1. The van der Waals surface area contributed by atoms with E-state index in [1.54, 1.807) is 0 Å². The van der Waals surface area contributed by atoms with Crippen molar-refractivity contribution in [2.45, 2.75) is 11.8 Å². The lowest BCUT2D eigenvalue weighted by Crippen LogP contribution is -2.30. The lowest BCUT2D eigenvalue weighted by atomic mass is 10.2. The number of methoxy groups -OCH3 is 1. The topological polar surface area (TPSA) is 110 Å². The third-order valence-electron chi connectivity index (χ3n) is 4.15. The second-order valence-corrected chi connectivity index (χ2v) is 9.72. The quantitative estimate of drug-likeness (QED) is 0.780. The van der Waals surface area contributed by atoms with Crippen LogP contribution in [0.1, 0.15) is 6.92 Å². The number of para-hydroxylation sites is 1. The molecular formula is C17H17FN2O6S2. The monoisotopic (exact) mass is 428 g/mol. The molecule has 1 atom stereocenters. The van der Waals surface area contributed by atoms with E-state index in [1.807, 2.05) is 0 Å². The predicted octanol–water partition coefficient (Wildman–Crippen LogP) is 1.95. The Morgan fingerprint density at radius 3 is 2.46 bits per heavy atom. The summed E-state index contributed by atoms with van der Waals surface area (Å²) in [5.41, 5.74) is -0.419. The number of anilines is 2. The zero-order valence-corrected chi connectivity index (χ0v) is 16.6. The standard InChI is InChI=1S/C17H17FN2O6S2/c1-11-10-27(22,23)20(17(11)21)12-7-8-15(26-2)16(9-12)28(24,25)19-14-6-4-3-5-13(14)18/h3-9,11,19H,10H2,1-2H3/t11-/m1/s1. The summed E-state index contributed by atoms with van der Waals surface area (Å²) in [5.74, 6) is -2.65. The van der Waals surface area contributed by atoms with Crippen LogP contribution in [0.3, 0.4) is 0 Å². The van der Waals surface area contributed by atoms with Crippen LogP contribution in [0.2, 0.25) is 0 Å². The fourth-order valence-electron chi connectivity index (χ4n) is 2.83. The highest BCUT2D eigenvalue weighted by atomic mass is 32.2. The number of carbonyl (C=O) groups is 1. The Balaban J connectivity index is 2.10. The summed E-state index contributed by atoms with van der Waals surface area (Å²) >= 11 is 0. The Morgan fingerprint density at radius 1 is 1.21 bits per heavy atom. The van der Waals surface area contributed by atoms with Crippen LogP contribution in [0.5, 0.6) is 5.75 Å². The lowest BCUT2D eigenvalue weighted by Gasteiger charge is -2.18. The van der Waals surface area contributed by atoms with Crippen LogP contribution in [-0.4, -0.2) is 35.6 Å². The maximum Gasteiger partial charge on any atom is 0.265 e. The van der Waals surface area contributed by atoms with E-state index in [2.05, 4.69) is 4.72 Å². The average Bonchev–Trinajstić information content (AvgIpc) is 2.83. The molecule has 0 bridgehead atoms. The number of amides is 1. The molecule has 1 fully saturated rings. The highest BCUT2D eigenvalue weighted by Crippen LogP contribution is 2.34. The molecule has 0 aromatic heterocycles. The molecule has 2 aromatic carbocycles. The SMILES string of the molecule is COc1ccc(N2C(=O)[C@H](C)CS2(=O)=O)cc1S(=O)(=O)Nc1ccccc1F. The van der Waals surface area contributed by atoms with E-state index in [-0.39, 0.29) is 22.9 Å². The van der Waals surface area contributed by atoms with Gasteiger partial charge in [0.1, 0.15) is 16.5 Å². The van der Waals surface area contributed by atoms with Crippen molar-refractivity contribution in [3.8, 4) is 5.75 Å². The number of halogens is 1. The minimum Gasteiger partial charge on any atom is -0.495 e. The van der Waals surface area contributed by atoms with Crippen LogP contribution in [0.4, 0.5) is 15.8 Å². The van der Waals surface area contributed by atoms with Gasteiger partial charge < -0.3 is 4.74 Å². The Morgan fingerprint density at radius 2 is 1.89 bits per heavy atom. The van der Waals surface area contributed by atoms with Gasteiger partial charge in [-0.25, -0.2) is 25.5 Å². The van der Waals surface area contributed by atoms with Gasteiger partial charge in [0.2, 0.25) is 15.9 Å². The summed E-state index contributed by atoms with van der Waals surface area (Å²) < 4.78 is 71.8. The van der Waals surface area contributed by atoms with Crippen LogP contribution in [0.15, 0.2) is 47.4 Å². The summed E-state index contributed by atoms with van der Waals surface area (Å²) in [6.45, 7) is 1.47. The number of ether oxygens (including phenoxy) is 1. The van der Waals surface area contributed by atoms with E-state index in [1.165, 1.54) is 44.4 Å². The van der Waals surface area contributed by atoms with Crippen molar-refractivity contribution < 1.29 is 30.8 Å². The first-order chi connectivity index (χ1) is 13.1. The summed E-state index contributed by atoms with van der Waals surface area (Å²) in [6.07, 6.45) is 0. The van der Waals surface area contributed by atoms with E-state index in [0.29, 0.717) is 4.31 Å². The number of nitrogens with zero attached hydrogens (tertiary/aromatic N) is 1. The zero-order chi connectivity index (χ0) is 20.7. The first kappa shape index (κ1) is 20.1. The largest absolute Gasteiger partial charge is 0.495 e. The van der Waals surface area contributed by atoms with Gasteiger partial charge in [-0.15, -0.1) is 0 Å². The van der Waals surface area contributed by atoms with Crippen molar-refractivity contribution in [1.29, 1.82) is 0 Å². The third kappa shape index (κ3) is 3.54. The van der Waals surface area contributed by atoms with Crippen LogP contribution in [0.25, 0.3) is 0 Å².